The van der Waals surface area contributed by atoms with Gasteiger partial charge in [0.1, 0.15) is 6.67 Å². The summed E-state index contributed by atoms with van der Waals surface area (Å²) in [6.45, 7) is 7.10. The molecule has 4 heteroatoms. The molecule has 0 aromatic rings. The monoisotopic (exact) mass is 262 g/mol. The number of hydroxylamine groups is 2. The Labute approximate surface area is 131 Å². The maximum atomic E-state index is 5.42. The predicted molar refractivity (Wildman–Crippen MR) is 83.9 cm³/mol. The average Bonchev–Trinajstić information content (AvgIpc) is 2.81. The van der Waals surface area contributed by atoms with Crippen LogP contribution < -0.4 is 0 Å². The second-order valence-electron chi connectivity index (χ2n) is 5.06. The zero-order valence-corrected chi connectivity index (χ0v) is 12.2. The standard InChI is InChI=1S/C15H30N2O.Li.H/c1-3-5-6-7-8-9-10-11-12-16-13-14-17(15-16)18-4-2;;/h13-14H,3-12,15H2,1-2H3;;. The van der Waals surface area contributed by atoms with Crippen molar-refractivity contribution >= 4 is 18.9 Å². The first-order valence-corrected chi connectivity index (χ1v) is 7.68. The molecule has 0 amide bonds. The van der Waals surface area contributed by atoms with E-state index < -0.39 is 0 Å². The molecule has 0 unspecified atom stereocenters. The van der Waals surface area contributed by atoms with Crippen LogP contribution in [0.2, 0.25) is 0 Å². The number of hydrogen-bond acceptors (Lipinski definition) is 3. The van der Waals surface area contributed by atoms with E-state index in [2.05, 4.69) is 18.0 Å². The second-order valence-corrected chi connectivity index (χ2v) is 5.06. The van der Waals surface area contributed by atoms with Crippen molar-refractivity contribution in [2.75, 3.05) is 19.8 Å². The third-order valence-corrected chi connectivity index (χ3v) is 3.36. The molecule has 0 saturated carbocycles. The summed E-state index contributed by atoms with van der Waals surface area (Å²) in [5.41, 5.74) is 0. The first-order valence-electron chi connectivity index (χ1n) is 7.68. The molecule has 1 aliphatic rings. The van der Waals surface area contributed by atoms with Crippen LogP contribution in [0, 0.1) is 0 Å². The van der Waals surface area contributed by atoms with E-state index in [1.807, 2.05) is 18.2 Å². The summed E-state index contributed by atoms with van der Waals surface area (Å²) < 4.78 is 0. The molecule has 0 spiro atoms. The maximum absolute atomic E-state index is 5.42. The van der Waals surface area contributed by atoms with Crippen LogP contribution in [0.3, 0.4) is 0 Å². The van der Waals surface area contributed by atoms with Crippen molar-refractivity contribution in [3.05, 3.63) is 12.4 Å². The molecule has 1 rings (SSSR count). The molecule has 0 saturated heterocycles. The molecule has 0 atom stereocenters. The van der Waals surface area contributed by atoms with E-state index in [1.54, 1.807) is 0 Å². The fourth-order valence-electron chi connectivity index (χ4n) is 2.29. The van der Waals surface area contributed by atoms with Crippen LogP contribution in [0.4, 0.5) is 0 Å². The van der Waals surface area contributed by atoms with Crippen molar-refractivity contribution in [1.29, 1.82) is 0 Å². The molecule has 108 valence electrons. The Morgan fingerprint density at radius 2 is 1.53 bits per heavy atom. The SMILES string of the molecule is CCCCCCCCCCN1C=CN(OCC)C1.[LiH]. The summed E-state index contributed by atoms with van der Waals surface area (Å²) in [5.74, 6) is 0. The van der Waals surface area contributed by atoms with Crippen LogP contribution in [-0.4, -0.2) is 48.6 Å². The van der Waals surface area contributed by atoms with Crippen LogP contribution in [0.1, 0.15) is 65.2 Å². The van der Waals surface area contributed by atoms with Gasteiger partial charge in [0.05, 0.1) is 6.61 Å². The molecule has 1 aliphatic heterocycles. The van der Waals surface area contributed by atoms with Crippen LogP contribution in [-0.2, 0) is 4.84 Å². The summed E-state index contributed by atoms with van der Waals surface area (Å²) in [6, 6.07) is 0. The number of rotatable bonds is 11. The van der Waals surface area contributed by atoms with Gasteiger partial charge in [-0.15, -0.1) is 0 Å². The van der Waals surface area contributed by atoms with Crippen molar-refractivity contribution < 1.29 is 4.84 Å². The molecule has 0 radical (unpaired) electrons. The Morgan fingerprint density at radius 1 is 0.895 bits per heavy atom. The van der Waals surface area contributed by atoms with Gasteiger partial charge in [0.25, 0.3) is 0 Å². The van der Waals surface area contributed by atoms with Crippen LogP contribution in [0.15, 0.2) is 12.4 Å². The molecule has 0 N–H and O–H groups in total. The van der Waals surface area contributed by atoms with E-state index in [0.29, 0.717) is 0 Å². The molecule has 1 heterocycles. The molecular weight excluding hydrogens is 231 g/mol. The minimum atomic E-state index is 0. The van der Waals surface area contributed by atoms with E-state index in [9.17, 15) is 0 Å². The molecule has 0 fully saturated rings. The third kappa shape index (κ3) is 9.43. The normalized spacial score (nSPS) is 14.0. The van der Waals surface area contributed by atoms with Gasteiger partial charge in [-0.25, -0.2) is 5.06 Å². The quantitative estimate of drug-likeness (QED) is 0.419. The van der Waals surface area contributed by atoms with Crippen molar-refractivity contribution in [1.82, 2.24) is 9.96 Å². The Morgan fingerprint density at radius 3 is 2.16 bits per heavy atom. The van der Waals surface area contributed by atoms with Gasteiger partial charge >= 0.3 is 18.9 Å². The summed E-state index contributed by atoms with van der Waals surface area (Å²) in [4.78, 5) is 7.75. The van der Waals surface area contributed by atoms with E-state index in [4.69, 9.17) is 4.84 Å². The van der Waals surface area contributed by atoms with Crippen molar-refractivity contribution in [3.63, 3.8) is 0 Å². The van der Waals surface area contributed by atoms with Gasteiger partial charge < -0.3 is 4.90 Å². The summed E-state index contributed by atoms with van der Waals surface area (Å²) in [5, 5.41) is 1.91. The van der Waals surface area contributed by atoms with Crippen LogP contribution in [0.25, 0.3) is 0 Å². The number of unbranched alkanes of at least 4 members (excludes halogenated alkanes) is 7. The summed E-state index contributed by atoms with van der Waals surface area (Å²) in [6.07, 6.45) is 15.2. The second kappa shape index (κ2) is 12.9. The van der Waals surface area contributed by atoms with Gasteiger partial charge in [-0.3, -0.25) is 4.84 Å². The van der Waals surface area contributed by atoms with Gasteiger partial charge in [-0.05, 0) is 13.3 Å². The minimum absolute atomic E-state index is 0. The summed E-state index contributed by atoms with van der Waals surface area (Å²) >= 11 is 0. The Hall–Kier alpha value is -0.103. The summed E-state index contributed by atoms with van der Waals surface area (Å²) in [7, 11) is 0. The topological polar surface area (TPSA) is 15.7 Å². The first-order chi connectivity index (χ1) is 8.86. The molecule has 0 aromatic heterocycles. The molecule has 19 heavy (non-hydrogen) atoms. The number of hydrogen-bond donors (Lipinski definition) is 0. The van der Waals surface area contributed by atoms with E-state index in [-0.39, 0.29) is 18.9 Å². The van der Waals surface area contributed by atoms with Gasteiger partial charge in [0.15, 0.2) is 0 Å². The number of nitrogens with zero attached hydrogens (tertiary/aromatic N) is 2. The fourth-order valence-corrected chi connectivity index (χ4v) is 2.29. The van der Waals surface area contributed by atoms with Crippen molar-refractivity contribution in [2.45, 2.75) is 65.2 Å². The molecular formula is C15H31LiN2O. The van der Waals surface area contributed by atoms with Gasteiger partial charge in [-0.2, -0.15) is 0 Å². The van der Waals surface area contributed by atoms with E-state index in [1.165, 1.54) is 51.4 Å². The predicted octanol–water partition coefficient (Wildman–Crippen LogP) is 3.48. The third-order valence-electron chi connectivity index (χ3n) is 3.36. The first kappa shape index (κ1) is 18.9. The fraction of sp³-hybridized carbons (Fsp3) is 0.867. The Balaban J connectivity index is 0.00000324. The molecule has 3 nitrogen and oxygen atoms in total. The van der Waals surface area contributed by atoms with Crippen LogP contribution >= 0.6 is 0 Å². The molecule has 0 aromatic carbocycles. The van der Waals surface area contributed by atoms with Gasteiger partial charge in [0, 0.05) is 18.9 Å². The van der Waals surface area contributed by atoms with Gasteiger partial charge in [-0.1, -0.05) is 51.9 Å². The average molecular weight is 262 g/mol. The Bertz CT molecular complexity index is 224. The zero-order valence-electron chi connectivity index (χ0n) is 12.2. The molecule has 0 bridgehead atoms. The zero-order chi connectivity index (χ0) is 13.1. The van der Waals surface area contributed by atoms with E-state index in [0.717, 1.165) is 19.8 Å². The van der Waals surface area contributed by atoms with Gasteiger partial charge in [0.2, 0.25) is 0 Å². The Kier molecular flexibility index (Phi) is 12.8. The van der Waals surface area contributed by atoms with Crippen molar-refractivity contribution in [3.8, 4) is 0 Å². The molecule has 0 aliphatic carbocycles. The van der Waals surface area contributed by atoms with Crippen molar-refractivity contribution in [2.24, 2.45) is 0 Å². The van der Waals surface area contributed by atoms with E-state index >= 15 is 0 Å². The van der Waals surface area contributed by atoms with Crippen LogP contribution in [0.5, 0.6) is 0 Å².